The van der Waals surface area contributed by atoms with Crippen molar-refractivity contribution in [3.05, 3.63) is 28.8 Å². The molecule has 0 radical (unpaired) electrons. The summed E-state index contributed by atoms with van der Waals surface area (Å²) in [6.45, 7) is 15.8. The van der Waals surface area contributed by atoms with Crippen molar-refractivity contribution in [3.8, 4) is 5.75 Å². The fourth-order valence-electron chi connectivity index (χ4n) is 3.73. The van der Waals surface area contributed by atoms with Crippen LogP contribution in [0.2, 0.25) is 0 Å². The lowest BCUT2D eigenvalue weighted by Crippen LogP contribution is -2.39. The predicted octanol–water partition coefficient (Wildman–Crippen LogP) is 4.75. The Balaban J connectivity index is 1.71. The van der Waals surface area contributed by atoms with Crippen molar-refractivity contribution in [1.82, 2.24) is 4.90 Å². The zero-order valence-electron chi connectivity index (χ0n) is 15.1. The summed E-state index contributed by atoms with van der Waals surface area (Å²) >= 11 is 0. The quantitative estimate of drug-likeness (QED) is 0.703. The van der Waals surface area contributed by atoms with Crippen LogP contribution < -0.4 is 4.74 Å². The molecule has 0 saturated carbocycles. The van der Waals surface area contributed by atoms with Gasteiger partial charge < -0.3 is 9.64 Å². The van der Waals surface area contributed by atoms with Gasteiger partial charge in [-0.15, -0.1) is 0 Å². The average Bonchev–Trinajstić information content (AvgIpc) is 2.45. The summed E-state index contributed by atoms with van der Waals surface area (Å²) < 4.78 is 6.06. The zero-order chi connectivity index (χ0) is 16.1. The summed E-state index contributed by atoms with van der Waals surface area (Å²) in [6, 6.07) is 4.34. The van der Waals surface area contributed by atoms with E-state index in [0.717, 1.165) is 30.6 Å². The number of aryl methyl sites for hydroxylation is 2. The standard InChI is InChI=1S/C20H33NO/c1-15-12-16(2)14-21(13-15)10-6-7-11-22-20-18(4)9-8-17(3)19(20)5/h8-9,15-16H,6-7,10-14H2,1-5H3/t15-,16-/m1/s1. The Labute approximate surface area is 136 Å². The molecule has 0 amide bonds. The lowest BCUT2D eigenvalue weighted by atomic mass is 9.92. The number of likely N-dealkylation sites (tertiary alicyclic amines) is 1. The largest absolute Gasteiger partial charge is 0.493 e. The van der Waals surface area contributed by atoms with Gasteiger partial charge in [-0.2, -0.15) is 0 Å². The zero-order valence-corrected chi connectivity index (χ0v) is 15.1. The van der Waals surface area contributed by atoms with E-state index in [2.05, 4.69) is 51.7 Å². The van der Waals surface area contributed by atoms with Crippen molar-refractivity contribution in [1.29, 1.82) is 0 Å². The highest BCUT2D eigenvalue weighted by Crippen LogP contribution is 2.26. The summed E-state index contributed by atoms with van der Waals surface area (Å²) in [5.41, 5.74) is 3.86. The minimum absolute atomic E-state index is 0.837. The van der Waals surface area contributed by atoms with E-state index in [9.17, 15) is 0 Å². The summed E-state index contributed by atoms with van der Waals surface area (Å²) in [5.74, 6) is 2.82. The van der Waals surface area contributed by atoms with Crippen LogP contribution in [0.1, 0.15) is 49.8 Å². The van der Waals surface area contributed by atoms with Crippen molar-refractivity contribution in [2.45, 2.75) is 53.9 Å². The van der Waals surface area contributed by atoms with Crippen molar-refractivity contribution in [3.63, 3.8) is 0 Å². The number of ether oxygens (including phenoxy) is 1. The Morgan fingerprint density at radius 3 is 2.32 bits per heavy atom. The number of rotatable bonds is 6. The minimum Gasteiger partial charge on any atom is -0.493 e. The molecule has 1 heterocycles. The third kappa shape index (κ3) is 4.74. The van der Waals surface area contributed by atoms with Crippen LogP contribution in [0.5, 0.6) is 5.75 Å². The first kappa shape index (κ1) is 17.3. The maximum atomic E-state index is 6.06. The van der Waals surface area contributed by atoms with Gasteiger partial charge >= 0.3 is 0 Å². The van der Waals surface area contributed by atoms with E-state index in [-0.39, 0.29) is 0 Å². The van der Waals surface area contributed by atoms with E-state index in [1.54, 1.807) is 0 Å². The van der Waals surface area contributed by atoms with E-state index >= 15 is 0 Å². The number of piperidine rings is 1. The van der Waals surface area contributed by atoms with E-state index in [4.69, 9.17) is 4.74 Å². The molecule has 0 bridgehead atoms. The fourth-order valence-corrected chi connectivity index (χ4v) is 3.73. The predicted molar refractivity (Wildman–Crippen MR) is 94.8 cm³/mol. The molecule has 2 nitrogen and oxygen atoms in total. The van der Waals surface area contributed by atoms with Crippen molar-refractivity contribution >= 4 is 0 Å². The molecule has 1 aliphatic rings. The molecule has 0 spiro atoms. The fraction of sp³-hybridized carbons (Fsp3) is 0.700. The SMILES string of the molecule is Cc1ccc(C)c(OCCCCN2C[C@H](C)C[C@@H](C)C2)c1C. The topological polar surface area (TPSA) is 12.5 Å². The second-order valence-corrected chi connectivity index (χ2v) is 7.41. The molecule has 22 heavy (non-hydrogen) atoms. The van der Waals surface area contributed by atoms with E-state index in [0.29, 0.717) is 0 Å². The first-order valence-electron chi connectivity index (χ1n) is 8.89. The molecule has 2 atom stereocenters. The molecule has 1 saturated heterocycles. The molecular formula is C20H33NO. The van der Waals surface area contributed by atoms with Crippen LogP contribution in [0.15, 0.2) is 12.1 Å². The second-order valence-electron chi connectivity index (χ2n) is 7.41. The number of hydrogen-bond acceptors (Lipinski definition) is 2. The molecule has 1 aromatic rings. The summed E-state index contributed by atoms with van der Waals surface area (Å²) in [4.78, 5) is 2.64. The first-order valence-corrected chi connectivity index (χ1v) is 8.89. The molecule has 124 valence electrons. The number of benzene rings is 1. The van der Waals surface area contributed by atoms with Crippen LogP contribution in [0.3, 0.4) is 0 Å². The van der Waals surface area contributed by atoms with E-state index in [1.165, 1.54) is 49.2 Å². The highest BCUT2D eigenvalue weighted by atomic mass is 16.5. The summed E-state index contributed by atoms with van der Waals surface area (Å²) in [5, 5.41) is 0. The third-order valence-corrected chi connectivity index (χ3v) is 4.93. The van der Waals surface area contributed by atoms with Crippen molar-refractivity contribution in [2.24, 2.45) is 11.8 Å². The number of unbranched alkanes of at least 4 members (excludes halogenated alkanes) is 1. The van der Waals surface area contributed by atoms with Gasteiger partial charge in [0.05, 0.1) is 6.61 Å². The first-order chi connectivity index (χ1) is 10.5. The average molecular weight is 303 g/mol. The second kappa shape index (κ2) is 8.01. The summed E-state index contributed by atoms with van der Waals surface area (Å²) in [6.07, 6.45) is 3.78. The molecule has 2 rings (SSSR count). The Bertz CT molecular complexity index is 473. The van der Waals surface area contributed by atoms with Gasteiger partial charge in [0.1, 0.15) is 5.75 Å². The summed E-state index contributed by atoms with van der Waals surface area (Å²) in [7, 11) is 0. The van der Waals surface area contributed by atoms with Gasteiger partial charge in [0.15, 0.2) is 0 Å². The Morgan fingerprint density at radius 1 is 1.00 bits per heavy atom. The van der Waals surface area contributed by atoms with Crippen LogP contribution in [0.4, 0.5) is 0 Å². The molecule has 0 aliphatic carbocycles. The Morgan fingerprint density at radius 2 is 1.64 bits per heavy atom. The highest BCUT2D eigenvalue weighted by molar-refractivity contribution is 5.44. The molecular weight excluding hydrogens is 270 g/mol. The smallest absolute Gasteiger partial charge is 0.125 e. The normalized spacial score (nSPS) is 22.8. The maximum Gasteiger partial charge on any atom is 0.125 e. The van der Waals surface area contributed by atoms with Gasteiger partial charge in [0.2, 0.25) is 0 Å². The van der Waals surface area contributed by atoms with E-state index < -0.39 is 0 Å². The van der Waals surface area contributed by atoms with Gasteiger partial charge in [-0.3, -0.25) is 0 Å². The van der Waals surface area contributed by atoms with Crippen LogP contribution in [0, 0.1) is 32.6 Å². The van der Waals surface area contributed by atoms with Crippen LogP contribution in [-0.2, 0) is 0 Å². The lowest BCUT2D eigenvalue weighted by Gasteiger charge is -2.34. The molecule has 0 aromatic heterocycles. The minimum atomic E-state index is 0.837. The molecule has 2 heteroatoms. The third-order valence-electron chi connectivity index (χ3n) is 4.93. The van der Waals surface area contributed by atoms with Gasteiger partial charge in [-0.05, 0) is 75.1 Å². The Hall–Kier alpha value is -1.02. The number of nitrogens with zero attached hydrogens (tertiary/aromatic N) is 1. The van der Waals surface area contributed by atoms with Gasteiger partial charge in [-0.1, -0.05) is 26.0 Å². The monoisotopic (exact) mass is 303 g/mol. The Kier molecular flexibility index (Phi) is 6.31. The molecule has 1 aliphatic heterocycles. The van der Waals surface area contributed by atoms with Crippen molar-refractivity contribution in [2.75, 3.05) is 26.2 Å². The van der Waals surface area contributed by atoms with Crippen LogP contribution >= 0.6 is 0 Å². The maximum absolute atomic E-state index is 6.06. The van der Waals surface area contributed by atoms with E-state index in [1.807, 2.05) is 0 Å². The molecule has 1 aromatic carbocycles. The highest BCUT2D eigenvalue weighted by Gasteiger charge is 2.20. The lowest BCUT2D eigenvalue weighted by molar-refractivity contribution is 0.136. The van der Waals surface area contributed by atoms with Gasteiger partial charge in [0, 0.05) is 13.1 Å². The molecule has 0 unspecified atom stereocenters. The number of hydrogen-bond donors (Lipinski definition) is 0. The van der Waals surface area contributed by atoms with Gasteiger partial charge in [-0.25, -0.2) is 0 Å². The van der Waals surface area contributed by atoms with Crippen LogP contribution in [0.25, 0.3) is 0 Å². The molecule has 1 fully saturated rings. The van der Waals surface area contributed by atoms with Crippen LogP contribution in [-0.4, -0.2) is 31.1 Å². The van der Waals surface area contributed by atoms with Gasteiger partial charge in [0.25, 0.3) is 0 Å². The molecule has 0 N–H and O–H groups in total. The van der Waals surface area contributed by atoms with Crippen molar-refractivity contribution < 1.29 is 4.74 Å².